The molecule has 230 valence electrons. The van der Waals surface area contributed by atoms with Crippen molar-refractivity contribution in [2.75, 3.05) is 0 Å². The zero-order valence-electron chi connectivity index (χ0n) is 27.7. The molecule has 46 heavy (non-hydrogen) atoms. The normalized spacial score (nSPS) is 12.6. The summed E-state index contributed by atoms with van der Waals surface area (Å²) in [4.78, 5) is 0. The van der Waals surface area contributed by atoms with Crippen molar-refractivity contribution in [3.05, 3.63) is 167 Å². The highest BCUT2D eigenvalue weighted by atomic mass is 33.1. The number of hydrogen-bond acceptors (Lipinski definition) is 2. The summed E-state index contributed by atoms with van der Waals surface area (Å²) in [6.45, 7) is 13.4. The topological polar surface area (TPSA) is 0 Å². The van der Waals surface area contributed by atoms with Crippen molar-refractivity contribution in [1.82, 2.24) is 0 Å². The Kier molecular flexibility index (Phi) is 9.87. The first-order valence-corrected chi connectivity index (χ1v) is 18.4. The maximum Gasteiger partial charge on any atom is 0.0373 e. The Hall–Kier alpha value is -3.98. The summed E-state index contributed by atoms with van der Waals surface area (Å²) in [6.07, 6.45) is 0. The molecule has 0 N–H and O–H groups in total. The minimum absolute atomic E-state index is 0.338. The summed E-state index contributed by atoms with van der Waals surface area (Å²) >= 11 is 0. The predicted molar refractivity (Wildman–Crippen MR) is 206 cm³/mol. The molecule has 2 heteroatoms. The van der Waals surface area contributed by atoms with Crippen LogP contribution in [0.1, 0.15) is 57.7 Å². The lowest BCUT2D eigenvalue weighted by Gasteiger charge is -2.20. The van der Waals surface area contributed by atoms with Crippen LogP contribution in [-0.4, -0.2) is 0 Å². The van der Waals surface area contributed by atoms with Gasteiger partial charge in [-0.1, -0.05) is 165 Å². The van der Waals surface area contributed by atoms with Crippen LogP contribution in [0.5, 0.6) is 0 Å². The highest BCUT2D eigenvalue weighted by molar-refractivity contribution is 8.76. The molecular formula is C44H42S2. The molecular weight excluding hydrogens is 593 g/mol. The van der Waals surface area contributed by atoms with E-state index in [1.807, 2.05) is 21.6 Å². The molecule has 0 aliphatic rings. The number of benzene rings is 6. The van der Waals surface area contributed by atoms with Crippen LogP contribution < -0.4 is 0 Å². The molecule has 2 atom stereocenters. The van der Waals surface area contributed by atoms with Crippen molar-refractivity contribution in [3.8, 4) is 44.5 Å². The number of aryl methyl sites for hydroxylation is 4. The molecule has 0 bridgehead atoms. The zero-order chi connectivity index (χ0) is 32.2. The molecule has 6 aromatic rings. The summed E-state index contributed by atoms with van der Waals surface area (Å²) in [6, 6.07) is 49.6. The molecule has 0 saturated heterocycles. The van der Waals surface area contributed by atoms with Crippen LogP contribution in [-0.2, 0) is 0 Å². The average molecular weight is 635 g/mol. The molecule has 0 nitrogen and oxygen atoms in total. The molecule has 0 aliphatic carbocycles. The fourth-order valence-corrected chi connectivity index (χ4v) is 8.65. The van der Waals surface area contributed by atoms with Gasteiger partial charge in [0.2, 0.25) is 0 Å². The summed E-state index contributed by atoms with van der Waals surface area (Å²) in [5.74, 6) is 0. The predicted octanol–water partition coefficient (Wildman–Crippen LogP) is 13.8. The van der Waals surface area contributed by atoms with Gasteiger partial charge >= 0.3 is 0 Å². The van der Waals surface area contributed by atoms with Gasteiger partial charge in [0.1, 0.15) is 0 Å². The van der Waals surface area contributed by atoms with E-state index in [9.17, 15) is 0 Å². The maximum atomic E-state index is 2.42. The van der Waals surface area contributed by atoms with Crippen molar-refractivity contribution in [3.63, 3.8) is 0 Å². The Bertz CT molecular complexity index is 1840. The third kappa shape index (κ3) is 7.35. The van der Waals surface area contributed by atoms with E-state index in [-0.39, 0.29) is 0 Å². The van der Waals surface area contributed by atoms with Crippen LogP contribution in [0.15, 0.2) is 133 Å². The van der Waals surface area contributed by atoms with E-state index in [4.69, 9.17) is 0 Å². The molecule has 0 spiro atoms. The summed E-state index contributed by atoms with van der Waals surface area (Å²) in [7, 11) is 3.93. The van der Waals surface area contributed by atoms with Gasteiger partial charge in [-0.2, -0.15) is 0 Å². The van der Waals surface area contributed by atoms with Crippen molar-refractivity contribution in [1.29, 1.82) is 0 Å². The summed E-state index contributed by atoms with van der Waals surface area (Å²) in [5, 5.41) is 0.677. The summed E-state index contributed by atoms with van der Waals surface area (Å²) < 4.78 is 0. The van der Waals surface area contributed by atoms with Crippen molar-refractivity contribution in [2.45, 2.75) is 52.0 Å². The maximum absolute atomic E-state index is 2.42. The molecule has 0 heterocycles. The molecule has 0 saturated carbocycles. The fraction of sp³-hybridized carbons (Fsp3) is 0.182. The van der Waals surface area contributed by atoms with E-state index in [1.54, 1.807) is 0 Å². The quantitative estimate of drug-likeness (QED) is 0.145. The molecule has 6 aromatic carbocycles. The van der Waals surface area contributed by atoms with E-state index in [0.29, 0.717) is 10.5 Å². The van der Waals surface area contributed by atoms with Gasteiger partial charge in [0.05, 0.1) is 0 Å². The third-order valence-corrected chi connectivity index (χ3v) is 12.0. The van der Waals surface area contributed by atoms with Gasteiger partial charge in [0.15, 0.2) is 0 Å². The Balaban J connectivity index is 1.27. The average Bonchev–Trinajstić information content (AvgIpc) is 3.06. The lowest BCUT2D eigenvalue weighted by molar-refractivity contribution is 1.10. The molecule has 0 unspecified atom stereocenters. The molecule has 0 fully saturated rings. The highest BCUT2D eigenvalue weighted by Crippen LogP contribution is 2.48. The number of hydrogen-bond donors (Lipinski definition) is 0. The van der Waals surface area contributed by atoms with E-state index in [2.05, 4.69) is 175 Å². The van der Waals surface area contributed by atoms with Gasteiger partial charge in [-0.25, -0.2) is 0 Å². The van der Waals surface area contributed by atoms with Crippen LogP contribution >= 0.6 is 21.6 Å². The first-order chi connectivity index (χ1) is 22.2. The van der Waals surface area contributed by atoms with Gasteiger partial charge in [0, 0.05) is 10.5 Å². The smallest absolute Gasteiger partial charge is 0.0373 e. The lowest BCUT2D eigenvalue weighted by atomic mass is 9.91. The lowest BCUT2D eigenvalue weighted by Crippen LogP contribution is -1.94. The van der Waals surface area contributed by atoms with Crippen molar-refractivity contribution in [2.24, 2.45) is 0 Å². The number of rotatable bonds is 9. The first-order valence-electron chi connectivity index (χ1n) is 16.1. The van der Waals surface area contributed by atoms with E-state index < -0.39 is 0 Å². The van der Waals surface area contributed by atoms with E-state index in [1.165, 1.54) is 77.9 Å². The molecule has 6 rings (SSSR count). The van der Waals surface area contributed by atoms with Crippen molar-refractivity contribution >= 4 is 21.6 Å². The van der Waals surface area contributed by atoms with Crippen LogP contribution in [0.2, 0.25) is 0 Å². The van der Waals surface area contributed by atoms with E-state index >= 15 is 0 Å². The van der Waals surface area contributed by atoms with Crippen molar-refractivity contribution < 1.29 is 0 Å². The van der Waals surface area contributed by atoms with Crippen LogP contribution in [0.25, 0.3) is 44.5 Å². The molecule has 0 amide bonds. The highest BCUT2D eigenvalue weighted by Gasteiger charge is 2.17. The van der Waals surface area contributed by atoms with Gasteiger partial charge in [0.25, 0.3) is 0 Å². The Labute approximate surface area is 283 Å². The monoisotopic (exact) mass is 634 g/mol. The molecule has 0 aromatic heterocycles. The Morgan fingerprint density at radius 3 is 0.957 bits per heavy atom. The fourth-order valence-electron chi connectivity index (χ4n) is 6.14. The van der Waals surface area contributed by atoms with Crippen LogP contribution in [0, 0.1) is 27.7 Å². The standard InChI is InChI=1S/C44H42S2/c1-29-11-7-15-37(23-29)41-21-19-35(27-43(41)39-17-9-13-31(3)25-39)33(5)45-46-34(6)36-20-22-42(38-16-8-12-30(2)24-38)44(28-36)40-18-10-14-32(4)26-40/h7-28,33-34H,1-6H3/t33-,34-/m1/s1. The largest absolute Gasteiger partial charge is 0.0856 e. The second-order valence-corrected chi connectivity index (χ2v) is 15.5. The van der Waals surface area contributed by atoms with Gasteiger partial charge in [-0.3, -0.25) is 0 Å². The molecule has 0 aliphatic heterocycles. The first kappa shape index (κ1) is 32.0. The minimum atomic E-state index is 0.338. The van der Waals surface area contributed by atoms with Crippen LogP contribution in [0.3, 0.4) is 0 Å². The Morgan fingerprint density at radius 2 is 0.652 bits per heavy atom. The van der Waals surface area contributed by atoms with Gasteiger partial charge < -0.3 is 0 Å². The van der Waals surface area contributed by atoms with E-state index in [0.717, 1.165) is 0 Å². The minimum Gasteiger partial charge on any atom is -0.0856 e. The Morgan fingerprint density at radius 1 is 0.348 bits per heavy atom. The second kappa shape index (κ2) is 14.2. The zero-order valence-corrected chi connectivity index (χ0v) is 29.3. The summed E-state index contributed by atoms with van der Waals surface area (Å²) in [5.41, 5.74) is 18.1. The van der Waals surface area contributed by atoms with Crippen LogP contribution in [0.4, 0.5) is 0 Å². The SMILES string of the molecule is Cc1cccc(-c2ccc([C@@H](C)SS[C@H](C)c3ccc(-c4cccc(C)c4)c(-c4cccc(C)c4)c3)cc2-c2cccc(C)c2)c1. The molecule has 0 radical (unpaired) electrons. The third-order valence-electron chi connectivity index (χ3n) is 8.69. The second-order valence-electron chi connectivity index (χ2n) is 12.6. The van der Waals surface area contributed by atoms with Gasteiger partial charge in [-0.15, -0.1) is 0 Å². The van der Waals surface area contributed by atoms with Gasteiger partial charge in [-0.05, 0) is 109 Å².